The van der Waals surface area contributed by atoms with Gasteiger partial charge < -0.3 is 9.88 Å². The zero-order valence-corrected chi connectivity index (χ0v) is 22.5. The number of hydrogen-bond donors (Lipinski definition) is 1. The van der Waals surface area contributed by atoms with Crippen LogP contribution in [-0.2, 0) is 6.54 Å². The van der Waals surface area contributed by atoms with Crippen LogP contribution >= 0.6 is 11.3 Å². The molecule has 0 unspecified atom stereocenters. The molecule has 3 aromatic rings. The van der Waals surface area contributed by atoms with Gasteiger partial charge in [-0.3, -0.25) is 9.78 Å². The minimum atomic E-state index is 0.0492. The Kier molecular flexibility index (Phi) is 8.00. The molecule has 1 N–H and O–H groups in total. The van der Waals surface area contributed by atoms with Crippen LogP contribution in [0.25, 0.3) is 22.0 Å². The minimum absolute atomic E-state index is 0.0492. The Hall–Kier alpha value is -2.73. The Bertz CT molecular complexity index is 1210. The van der Waals surface area contributed by atoms with Crippen LogP contribution < -0.4 is 5.32 Å². The Labute approximate surface area is 219 Å². The molecule has 190 valence electrons. The highest BCUT2D eigenvalue weighted by Gasteiger charge is 2.22. The van der Waals surface area contributed by atoms with E-state index < -0.39 is 0 Å². The number of thiazole rings is 1. The van der Waals surface area contributed by atoms with Gasteiger partial charge in [-0.25, -0.2) is 4.98 Å². The van der Waals surface area contributed by atoms with Crippen molar-refractivity contribution in [2.45, 2.75) is 84.6 Å². The molecule has 0 atom stereocenters. The Morgan fingerprint density at radius 3 is 2.75 bits per heavy atom. The van der Waals surface area contributed by atoms with Crippen molar-refractivity contribution in [3.05, 3.63) is 58.4 Å². The molecule has 3 aromatic heterocycles. The van der Waals surface area contributed by atoms with Crippen LogP contribution in [0.2, 0.25) is 0 Å². The number of rotatable bonds is 8. The molecule has 36 heavy (non-hydrogen) atoms. The Morgan fingerprint density at radius 1 is 1.14 bits per heavy atom. The summed E-state index contributed by atoms with van der Waals surface area (Å²) in [6.45, 7) is 5.75. The first-order valence-electron chi connectivity index (χ1n) is 13.6. The van der Waals surface area contributed by atoms with E-state index in [1.807, 2.05) is 19.2 Å². The minimum Gasteiger partial charge on any atom is -0.352 e. The summed E-state index contributed by atoms with van der Waals surface area (Å²) in [5, 5.41) is 6.33. The second kappa shape index (κ2) is 11.5. The summed E-state index contributed by atoms with van der Waals surface area (Å²) >= 11 is 1.63. The molecule has 1 saturated carbocycles. The van der Waals surface area contributed by atoms with Crippen LogP contribution in [0.15, 0.2) is 41.4 Å². The number of pyridine rings is 1. The number of carbonyl (C=O) groups is 1. The topological polar surface area (TPSA) is 59.8 Å². The second-order valence-corrected chi connectivity index (χ2v) is 11.3. The quantitative estimate of drug-likeness (QED) is 0.325. The number of aromatic nitrogens is 3. The van der Waals surface area contributed by atoms with Crippen LogP contribution in [0.3, 0.4) is 0 Å². The van der Waals surface area contributed by atoms with Gasteiger partial charge in [0.25, 0.3) is 5.91 Å². The maximum absolute atomic E-state index is 13.3. The van der Waals surface area contributed by atoms with Gasteiger partial charge in [0.05, 0.1) is 17.0 Å². The SMILES string of the molecule is Cc1ccc(-c2nc(-c3cc(C(=O)NCC4CCCCC4)c(C)n3CCC3=CCCCC3)cs2)cn1. The van der Waals surface area contributed by atoms with Crippen molar-refractivity contribution in [2.75, 3.05) is 6.54 Å². The highest BCUT2D eigenvalue weighted by atomic mass is 32.1. The molecule has 5 nitrogen and oxygen atoms in total. The maximum Gasteiger partial charge on any atom is 0.253 e. The normalized spacial score (nSPS) is 16.7. The van der Waals surface area contributed by atoms with Crippen molar-refractivity contribution in [3.63, 3.8) is 0 Å². The number of nitrogens with one attached hydrogen (secondary N) is 1. The van der Waals surface area contributed by atoms with Crippen LogP contribution in [0.5, 0.6) is 0 Å². The van der Waals surface area contributed by atoms with Crippen molar-refractivity contribution in [1.29, 1.82) is 0 Å². The summed E-state index contributed by atoms with van der Waals surface area (Å²) in [6.07, 6.45) is 16.7. The average Bonchev–Trinajstić information content (AvgIpc) is 3.52. The lowest BCUT2D eigenvalue weighted by Gasteiger charge is -2.21. The van der Waals surface area contributed by atoms with Crippen LogP contribution in [-0.4, -0.2) is 27.0 Å². The van der Waals surface area contributed by atoms with E-state index in [1.165, 1.54) is 57.8 Å². The number of allylic oxidation sites excluding steroid dienone is 2. The van der Waals surface area contributed by atoms with Crippen LogP contribution in [0.1, 0.15) is 86.0 Å². The molecule has 3 heterocycles. The van der Waals surface area contributed by atoms with Crippen molar-refractivity contribution in [2.24, 2.45) is 5.92 Å². The zero-order chi connectivity index (χ0) is 24.9. The summed E-state index contributed by atoms with van der Waals surface area (Å²) in [7, 11) is 0. The molecule has 6 heteroatoms. The summed E-state index contributed by atoms with van der Waals surface area (Å²) in [5.74, 6) is 0.667. The fourth-order valence-electron chi connectivity index (χ4n) is 5.60. The van der Waals surface area contributed by atoms with Gasteiger partial charge in [0.15, 0.2) is 0 Å². The maximum atomic E-state index is 13.3. The van der Waals surface area contributed by atoms with E-state index in [-0.39, 0.29) is 5.91 Å². The van der Waals surface area contributed by atoms with Gasteiger partial charge in [0.1, 0.15) is 5.01 Å². The lowest BCUT2D eigenvalue weighted by molar-refractivity contribution is 0.0943. The number of nitrogens with zero attached hydrogens (tertiary/aromatic N) is 3. The molecule has 1 amide bonds. The summed E-state index contributed by atoms with van der Waals surface area (Å²) in [5.41, 5.74) is 7.37. The number of hydrogen-bond acceptors (Lipinski definition) is 4. The molecular weight excluding hydrogens is 464 g/mol. The molecule has 0 aliphatic heterocycles. The van der Waals surface area contributed by atoms with Gasteiger partial charge in [-0.1, -0.05) is 30.9 Å². The average molecular weight is 503 g/mol. The zero-order valence-electron chi connectivity index (χ0n) is 21.7. The number of carbonyl (C=O) groups excluding carboxylic acids is 1. The highest BCUT2D eigenvalue weighted by Crippen LogP contribution is 2.32. The fraction of sp³-hybridized carbons (Fsp3) is 0.500. The molecule has 0 saturated heterocycles. The predicted octanol–water partition coefficient (Wildman–Crippen LogP) is 7.49. The van der Waals surface area contributed by atoms with Gasteiger partial charge in [0, 0.05) is 41.6 Å². The van der Waals surface area contributed by atoms with E-state index in [0.717, 1.165) is 58.4 Å². The molecule has 0 bridgehead atoms. The van der Waals surface area contributed by atoms with E-state index in [4.69, 9.17) is 4.98 Å². The Balaban J connectivity index is 1.40. The van der Waals surface area contributed by atoms with E-state index >= 15 is 0 Å². The van der Waals surface area contributed by atoms with E-state index in [9.17, 15) is 4.79 Å². The molecule has 2 aliphatic rings. The molecule has 0 aromatic carbocycles. The first-order chi connectivity index (χ1) is 17.6. The molecule has 2 aliphatic carbocycles. The molecule has 0 radical (unpaired) electrons. The monoisotopic (exact) mass is 502 g/mol. The smallest absolute Gasteiger partial charge is 0.253 e. The third-order valence-corrected chi connectivity index (χ3v) is 8.75. The van der Waals surface area contributed by atoms with Crippen molar-refractivity contribution < 1.29 is 4.79 Å². The van der Waals surface area contributed by atoms with E-state index in [2.05, 4.69) is 45.4 Å². The Morgan fingerprint density at radius 2 is 2.00 bits per heavy atom. The second-order valence-electron chi connectivity index (χ2n) is 10.5. The lowest BCUT2D eigenvalue weighted by atomic mass is 9.89. The van der Waals surface area contributed by atoms with E-state index in [0.29, 0.717) is 5.92 Å². The van der Waals surface area contributed by atoms with Gasteiger partial charge >= 0.3 is 0 Å². The summed E-state index contributed by atoms with van der Waals surface area (Å²) < 4.78 is 2.32. The first-order valence-corrected chi connectivity index (χ1v) is 14.5. The van der Waals surface area contributed by atoms with Crippen LogP contribution in [0.4, 0.5) is 0 Å². The predicted molar refractivity (Wildman–Crippen MR) is 148 cm³/mol. The van der Waals surface area contributed by atoms with E-state index in [1.54, 1.807) is 16.9 Å². The number of amides is 1. The van der Waals surface area contributed by atoms with Crippen molar-refractivity contribution in [3.8, 4) is 22.0 Å². The lowest BCUT2D eigenvalue weighted by Crippen LogP contribution is -2.30. The van der Waals surface area contributed by atoms with Crippen molar-refractivity contribution in [1.82, 2.24) is 19.9 Å². The first kappa shape index (κ1) is 24.9. The standard InChI is InChI=1S/C30H38N4OS/c1-21-13-14-25(19-31-21)30-33-27(20-36-30)28-17-26(29(35)32-18-24-11-7-4-8-12-24)22(2)34(28)16-15-23-9-5-3-6-10-23/h9,13-14,17,19-20,24H,3-8,10-12,15-16,18H2,1-2H3,(H,32,35). The molecular formula is C30H38N4OS. The summed E-state index contributed by atoms with van der Waals surface area (Å²) in [4.78, 5) is 22.7. The summed E-state index contributed by atoms with van der Waals surface area (Å²) in [6, 6.07) is 6.16. The van der Waals surface area contributed by atoms with Crippen LogP contribution in [0, 0.1) is 19.8 Å². The fourth-order valence-corrected chi connectivity index (χ4v) is 6.41. The van der Waals surface area contributed by atoms with Crippen molar-refractivity contribution >= 4 is 17.2 Å². The third-order valence-electron chi connectivity index (χ3n) is 7.85. The molecule has 1 fully saturated rings. The van der Waals surface area contributed by atoms with Gasteiger partial charge in [-0.05, 0) is 82.9 Å². The van der Waals surface area contributed by atoms with Gasteiger partial charge in [-0.2, -0.15) is 0 Å². The van der Waals surface area contributed by atoms with Gasteiger partial charge in [-0.15, -0.1) is 11.3 Å². The third kappa shape index (κ3) is 5.80. The molecule has 5 rings (SSSR count). The highest BCUT2D eigenvalue weighted by molar-refractivity contribution is 7.13. The number of aryl methyl sites for hydroxylation is 1. The molecule has 0 spiro atoms. The largest absolute Gasteiger partial charge is 0.352 e. The van der Waals surface area contributed by atoms with Gasteiger partial charge in [0.2, 0.25) is 0 Å².